The zero-order valence-corrected chi connectivity index (χ0v) is 7.58. The maximum absolute atomic E-state index is 10.2. The molecular formula is C10H14O3. The van der Waals surface area contributed by atoms with Crippen LogP contribution in [0.5, 0.6) is 0 Å². The van der Waals surface area contributed by atoms with Crippen LogP contribution >= 0.6 is 0 Å². The van der Waals surface area contributed by atoms with Crippen molar-refractivity contribution in [1.82, 2.24) is 0 Å². The Hall–Kier alpha value is -1.01. The van der Waals surface area contributed by atoms with Crippen LogP contribution in [0, 0.1) is 11.8 Å². The zero-order valence-electron chi connectivity index (χ0n) is 7.58. The highest BCUT2D eigenvalue weighted by Gasteiger charge is 2.08. The second kappa shape index (κ2) is 5.60. The van der Waals surface area contributed by atoms with Gasteiger partial charge < -0.3 is 9.84 Å². The number of rotatable bonds is 3. The third-order valence-corrected chi connectivity index (χ3v) is 1.94. The first-order valence-corrected chi connectivity index (χ1v) is 4.61. The molecule has 0 aromatic heterocycles. The van der Waals surface area contributed by atoms with Crippen LogP contribution < -0.4 is 0 Å². The van der Waals surface area contributed by atoms with E-state index in [1.165, 1.54) is 6.42 Å². The monoisotopic (exact) mass is 182 g/mol. The Morgan fingerprint density at radius 2 is 2.31 bits per heavy atom. The topological polar surface area (TPSA) is 46.5 Å². The van der Waals surface area contributed by atoms with Gasteiger partial charge in [0.15, 0.2) is 0 Å². The summed E-state index contributed by atoms with van der Waals surface area (Å²) in [5, 5.41) is 8.40. The summed E-state index contributed by atoms with van der Waals surface area (Å²) < 4.78 is 5.11. The molecule has 0 bridgehead atoms. The van der Waals surface area contributed by atoms with E-state index >= 15 is 0 Å². The van der Waals surface area contributed by atoms with Crippen LogP contribution in [0.3, 0.4) is 0 Å². The molecule has 0 saturated heterocycles. The van der Waals surface area contributed by atoms with E-state index in [0.717, 1.165) is 25.7 Å². The van der Waals surface area contributed by atoms with Gasteiger partial charge in [0.1, 0.15) is 12.7 Å². The predicted molar refractivity (Wildman–Crippen MR) is 48.2 cm³/mol. The summed E-state index contributed by atoms with van der Waals surface area (Å²) in [4.78, 5) is 10.2. The van der Waals surface area contributed by atoms with Gasteiger partial charge in [0.2, 0.25) is 0 Å². The fraction of sp³-hybridized carbons (Fsp3) is 0.700. The highest BCUT2D eigenvalue weighted by atomic mass is 16.5. The number of ether oxygens (including phenoxy) is 1. The van der Waals surface area contributed by atoms with Gasteiger partial charge in [-0.1, -0.05) is 12.3 Å². The number of hydrogen-bond acceptors (Lipinski definition) is 2. The molecule has 1 N–H and O–H groups in total. The normalized spacial score (nSPS) is 22.3. The van der Waals surface area contributed by atoms with Gasteiger partial charge in [-0.2, -0.15) is 0 Å². The van der Waals surface area contributed by atoms with Gasteiger partial charge in [-0.3, -0.25) is 0 Å². The molecule has 0 aliphatic heterocycles. The Kier molecular flexibility index (Phi) is 4.34. The van der Waals surface area contributed by atoms with Crippen LogP contribution in [0.2, 0.25) is 0 Å². The Morgan fingerprint density at radius 1 is 1.46 bits per heavy atom. The van der Waals surface area contributed by atoms with Crippen LogP contribution in [0.1, 0.15) is 32.1 Å². The van der Waals surface area contributed by atoms with Gasteiger partial charge in [-0.15, -0.1) is 5.92 Å². The summed E-state index contributed by atoms with van der Waals surface area (Å²) in [6, 6.07) is 0. The van der Waals surface area contributed by atoms with E-state index < -0.39 is 5.97 Å². The average molecular weight is 182 g/mol. The van der Waals surface area contributed by atoms with Crippen LogP contribution in [0.25, 0.3) is 0 Å². The van der Waals surface area contributed by atoms with Crippen LogP contribution in [0.15, 0.2) is 0 Å². The Labute approximate surface area is 78.1 Å². The molecule has 0 aromatic rings. The molecule has 1 aliphatic rings. The van der Waals surface area contributed by atoms with Crippen LogP contribution in [-0.4, -0.2) is 23.8 Å². The first-order valence-electron chi connectivity index (χ1n) is 4.61. The summed E-state index contributed by atoms with van der Waals surface area (Å²) >= 11 is 0. The van der Waals surface area contributed by atoms with E-state index in [1.54, 1.807) is 0 Å². The van der Waals surface area contributed by atoms with Crippen LogP contribution in [0.4, 0.5) is 0 Å². The number of carboxylic acids is 1. The maximum atomic E-state index is 10.2. The van der Waals surface area contributed by atoms with Gasteiger partial charge in [0.25, 0.3) is 0 Å². The molecule has 3 heteroatoms. The summed E-state index contributed by atoms with van der Waals surface area (Å²) in [6.45, 7) is -0.237. The van der Waals surface area contributed by atoms with E-state index in [9.17, 15) is 4.79 Å². The second-order valence-corrected chi connectivity index (χ2v) is 3.11. The molecular weight excluding hydrogens is 168 g/mol. The van der Waals surface area contributed by atoms with Crippen molar-refractivity contribution in [3.63, 3.8) is 0 Å². The SMILES string of the molecule is O=C(O)CO[C@H]1C#CCCCCC1. The van der Waals surface area contributed by atoms with Gasteiger partial charge in [0.05, 0.1) is 0 Å². The van der Waals surface area contributed by atoms with Crippen molar-refractivity contribution in [3.05, 3.63) is 0 Å². The van der Waals surface area contributed by atoms with Gasteiger partial charge >= 0.3 is 5.97 Å². The fourth-order valence-corrected chi connectivity index (χ4v) is 1.27. The highest BCUT2D eigenvalue weighted by molar-refractivity contribution is 5.68. The molecule has 0 unspecified atom stereocenters. The third-order valence-electron chi connectivity index (χ3n) is 1.94. The average Bonchev–Trinajstić information content (AvgIpc) is 2.01. The highest BCUT2D eigenvalue weighted by Crippen LogP contribution is 2.10. The van der Waals surface area contributed by atoms with E-state index in [2.05, 4.69) is 11.8 Å². The van der Waals surface area contributed by atoms with Crippen molar-refractivity contribution in [2.24, 2.45) is 0 Å². The lowest BCUT2D eigenvalue weighted by Crippen LogP contribution is -2.17. The minimum atomic E-state index is -0.927. The van der Waals surface area contributed by atoms with Crippen molar-refractivity contribution in [1.29, 1.82) is 0 Å². The molecule has 0 spiro atoms. The molecule has 0 heterocycles. The summed E-state index contributed by atoms with van der Waals surface area (Å²) in [7, 11) is 0. The third kappa shape index (κ3) is 4.54. The van der Waals surface area contributed by atoms with Gasteiger partial charge in [-0.05, 0) is 19.3 Å². The molecule has 13 heavy (non-hydrogen) atoms. The number of carbonyl (C=O) groups is 1. The van der Waals surface area contributed by atoms with E-state index in [-0.39, 0.29) is 12.7 Å². The van der Waals surface area contributed by atoms with Crippen molar-refractivity contribution >= 4 is 5.97 Å². The van der Waals surface area contributed by atoms with E-state index in [4.69, 9.17) is 9.84 Å². The molecule has 72 valence electrons. The lowest BCUT2D eigenvalue weighted by Gasteiger charge is -2.11. The van der Waals surface area contributed by atoms with Gasteiger partial charge in [-0.25, -0.2) is 4.79 Å². The van der Waals surface area contributed by atoms with Gasteiger partial charge in [0, 0.05) is 6.42 Å². The minimum Gasteiger partial charge on any atom is -0.480 e. The molecule has 0 aromatic carbocycles. The number of hydrogen-bond donors (Lipinski definition) is 1. The molecule has 1 atom stereocenters. The smallest absolute Gasteiger partial charge is 0.329 e. The molecule has 3 nitrogen and oxygen atoms in total. The maximum Gasteiger partial charge on any atom is 0.329 e. The Balaban J connectivity index is 2.32. The quantitative estimate of drug-likeness (QED) is 0.671. The molecule has 0 fully saturated rings. The minimum absolute atomic E-state index is 0.170. The fourth-order valence-electron chi connectivity index (χ4n) is 1.27. The number of aliphatic carboxylic acids is 1. The van der Waals surface area contributed by atoms with Crippen molar-refractivity contribution < 1.29 is 14.6 Å². The lowest BCUT2D eigenvalue weighted by atomic mass is 10.1. The first kappa shape index (κ1) is 10.1. The van der Waals surface area contributed by atoms with Crippen molar-refractivity contribution in [3.8, 4) is 11.8 Å². The molecule has 1 aliphatic carbocycles. The van der Waals surface area contributed by atoms with Crippen LogP contribution in [-0.2, 0) is 9.53 Å². The first-order chi connectivity index (χ1) is 6.29. The number of carboxylic acid groups (broad SMARTS) is 1. The lowest BCUT2D eigenvalue weighted by molar-refractivity contribution is -0.143. The Bertz CT molecular complexity index is 224. The largest absolute Gasteiger partial charge is 0.480 e. The molecule has 0 saturated carbocycles. The Morgan fingerprint density at radius 3 is 3.08 bits per heavy atom. The summed E-state index contributed by atoms with van der Waals surface area (Å²) in [5.41, 5.74) is 0. The molecule has 0 radical (unpaired) electrons. The standard InChI is InChI=1S/C10H14O3/c11-10(12)8-13-9-6-4-2-1-3-5-7-9/h9H,1-4,6,8H2,(H,11,12)/t9-/m1/s1. The predicted octanol–water partition coefficient (Wildman–Crippen LogP) is 1.42. The van der Waals surface area contributed by atoms with Crippen molar-refractivity contribution in [2.45, 2.75) is 38.2 Å². The zero-order chi connectivity index (χ0) is 9.52. The van der Waals surface area contributed by atoms with Crippen molar-refractivity contribution in [2.75, 3.05) is 6.61 Å². The second-order valence-electron chi connectivity index (χ2n) is 3.11. The summed E-state index contributed by atoms with van der Waals surface area (Å²) in [5.74, 6) is 5.01. The molecule has 0 amide bonds. The van der Waals surface area contributed by atoms with E-state index in [0.29, 0.717) is 0 Å². The molecule has 1 rings (SSSR count). The van der Waals surface area contributed by atoms with E-state index in [1.807, 2.05) is 0 Å². The summed E-state index contributed by atoms with van der Waals surface area (Å²) in [6.07, 6.45) is 5.00.